The van der Waals surface area contributed by atoms with Gasteiger partial charge in [-0.05, 0) is 5.41 Å². The first-order valence-corrected chi connectivity index (χ1v) is 3.73. The van der Waals surface area contributed by atoms with Crippen LogP contribution in [0.1, 0.15) is 0 Å². The summed E-state index contributed by atoms with van der Waals surface area (Å²) in [5.41, 5.74) is 5.74. The fourth-order valence-electron chi connectivity index (χ4n) is 0.671. The van der Waals surface area contributed by atoms with Crippen molar-refractivity contribution < 1.29 is 0 Å². The highest BCUT2D eigenvalue weighted by atomic mass is 32.2. The van der Waals surface area contributed by atoms with Crippen molar-refractivity contribution in [1.29, 1.82) is 0 Å². The first-order chi connectivity index (χ1) is 4.34. The van der Waals surface area contributed by atoms with Crippen LogP contribution in [0.25, 0.3) is 0 Å². The molecule has 9 heavy (non-hydrogen) atoms. The average Bonchev–Trinajstić information content (AvgIpc) is 2.18. The molecule has 50 valence electrons. The zero-order valence-electron chi connectivity index (χ0n) is 5.16. The Hall–Kier alpha value is -0.410. The van der Waals surface area contributed by atoms with Gasteiger partial charge < -0.3 is 10.6 Å². The summed E-state index contributed by atoms with van der Waals surface area (Å²) in [6, 6.07) is 0. The molecule has 1 aliphatic rings. The zero-order valence-corrected chi connectivity index (χ0v) is 5.97. The molecule has 0 fully saturated rings. The molecule has 1 rings (SSSR count). The van der Waals surface area contributed by atoms with Crippen molar-refractivity contribution in [2.75, 3.05) is 6.54 Å². The van der Waals surface area contributed by atoms with Crippen molar-refractivity contribution in [1.82, 2.24) is 4.90 Å². The quantitative estimate of drug-likeness (QED) is 0.582. The van der Waals surface area contributed by atoms with Crippen molar-refractivity contribution >= 4 is 11.8 Å². The second-order valence-electron chi connectivity index (χ2n) is 1.80. The highest BCUT2D eigenvalue weighted by Crippen LogP contribution is 2.19. The van der Waals surface area contributed by atoms with Gasteiger partial charge in [0.15, 0.2) is 0 Å². The molecule has 0 amide bonds. The summed E-state index contributed by atoms with van der Waals surface area (Å²) in [6.07, 6.45) is 3.83. The van der Waals surface area contributed by atoms with E-state index in [4.69, 9.17) is 5.73 Å². The van der Waals surface area contributed by atoms with Gasteiger partial charge in [0.25, 0.3) is 0 Å². The normalized spacial score (nSPS) is 25.0. The maximum absolute atomic E-state index is 5.64. The Labute approximate surface area is 59.4 Å². The number of rotatable bonds is 2. The van der Waals surface area contributed by atoms with Gasteiger partial charge in [0.1, 0.15) is 5.50 Å². The van der Waals surface area contributed by atoms with Crippen LogP contribution in [0.3, 0.4) is 0 Å². The molecule has 0 aromatic heterocycles. The first-order valence-electron chi connectivity index (χ1n) is 2.79. The summed E-state index contributed by atoms with van der Waals surface area (Å²) >= 11 is 1.62. The molecule has 0 radical (unpaired) electrons. The molecule has 0 aliphatic carbocycles. The lowest BCUT2D eigenvalue weighted by Gasteiger charge is -2.18. The fraction of sp³-hybridized carbons (Fsp3) is 0.333. The zero-order chi connectivity index (χ0) is 6.69. The summed E-state index contributed by atoms with van der Waals surface area (Å²) in [4.78, 5) is 2.03. The van der Waals surface area contributed by atoms with Gasteiger partial charge in [-0.1, -0.05) is 17.8 Å². The summed E-state index contributed by atoms with van der Waals surface area (Å²) in [7, 11) is 0. The Kier molecular flexibility index (Phi) is 2.19. The van der Waals surface area contributed by atoms with Crippen molar-refractivity contribution in [3.8, 4) is 0 Å². The number of hydrogen-bond acceptors (Lipinski definition) is 3. The van der Waals surface area contributed by atoms with Crippen LogP contribution in [0.15, 0.2) is 24.3 Å². The third-order valence-electron chi connectivity index (χ3n) is 1.14. The topological polar surface area (TPSA) is 29.3 Å². The van der Waals surface area contributed by atoms with E-state index in [-0.39, 0.29) is 5.50 Å². The molecular weight excluding hydrogens is 132 g/mol. The van der Waals surface area contributed by atoms with Gasteiger partial charge >= 0.3 is 0 Å². The van der Waals surface area contributed by atoms with E-state index in [2.05, 4.69) is 6.58 Å². The molecule has 1 aliphatic heterocycles. The van der Waals surface area contributed by atoms with E-state index in [0.717, 1.165) is 6.54 Å². The third-order valence-corrected chi connectivity index (χ3v) is 1.97. The number of nitrogens with zero attached hydrogens (tertiary/aromatic N) is 1. The van der Waals surface area contributed by atoms with E-state index >= 15 is 0 Å². The summed E-state index contributed by atoms with van der Waals surface area (Å²) < 4.78 is 0. The Balaban J connectivity index is 2.39. The second-order valence-corrected chi connectivity index (χ2v) is 2.82. The molecule has 1 unspecified atom stereocenters. The lowest BCUT2D eigenvalue weighted by Crippen LogP contribution is -2.32. The molecular formula is C6H10N2S. The van der Waals surface area contributed by atoms with E-state index in [1.54, 1.807) is 11.8 Å². The highest BCUT2D eigenvalue weighted by molar-refractivity contribution is 8.02. The van der Waals surface area contributed by atoms with Crippen molar-refractivity contribution in [3.05, 3.63) is 24.3 Å². The summed E-state index contributed by atoms with van der Waals surface area (Å²) in [6.45, 7) is 4.46. The molecule has 1 atom stereocenters. The highest BCUT2D eigenvalue weighted by Gasteiger charge is 2.11. The predicted molar refractivity (Wildman–Crippen MR) is 41.6 cm³/mol. The Bertz CT molecular complexity index is 133. The monoisotopic (exact) mass is 142 g/mol. The van der Waals surface area contributed by atoms with Crippen molar-refractivity contribution in [3.63, 3.8) is 0 Å². The van der Waals surface area contributed by atoms with Gasteiger partial charge in [-0.3, -0.25) is 0 Å². The van der Waals surface area contributed by atoms with Crippen LogP contribution in [0, 0.1) is 0 Å². The third kappa shape index (κ3) is 1.50. The standard InChI is InChI=1S/C6H10N2S/c1-2-3-8-4-5-9-6(8)7/h2,4-6H,1,3,7H2. The van der Waals surface area contributed by atoms with Gasteiger partial charge in [0.05, 0.1) is 0 Å². The average molecular weight is 142 g/mol. The molecule has 2 N–H and O–H groups in total. The van der Waals surface area contributed by atoms with E-state index in [1.807, 2.05) is 22.6 Å². The van der Waals surface area contributed by atoms with Gasteiger partial charge in [-0.2, -0.15) is 0 Å². The molecule has 3 heteroatoms. The maximum atomic E-state index is 5.64. The van der Waals surface area contributed by atoms with Crippen LogP contribution >= 0.6 is 11.8 Å². The number of nitrogens with two attached hydrogens (primary N) is 1. The fourth-order valence-corrected chi connectivity index (χ4v) is 1.37. The lowest BCUT2D eigenvalue weighted by molar-refractivity contribution is 0.406. The van der Waals surface area contributed by atoms with Crippen molar-refractivity contribution in [2.45, 2.75) is 5.50 Å². The molecule has 2 nitrogen and oxygen atoms in total. The smallest absolute Gasteiger partial charge is 0.129 e. The van der Waals surface area contributed by atoms with E-state index in [9.17, 15) is 0 Å². The van der Waals surface area contributed by atoms with Crippen LogP contribution in [0.5, 0.6) is 0 Å². The minimum absolute atomic E-state index is 0.1000. The van der Waals surface area contributed by atoms with Crippen LogP contribution in [0.4, 0.5) is 0 Å². The molecule has 0 aromatic rings. The summed E-state index contributed by atoms with van der Waals surface area (Å²) in [5.74, 6) is 0. The van der Waals surface area contributed by atoms with Gasteiger partial charge in [-0.15, -0.1) is 6.58 Å². The van der Waals surface area contributed by atoms with Gasteiger partial charge in [0, 0.05) is 12.7 Å². The van der Waals surface area contributed by atoms with Crippen molar-refractivity contribution in [2.24, 2.45) is 5.73 Å². The first kappa shape index (κ1) is 6.71. The van der Waals surface area contributed by atoms with Crippen LogP contribution in [-0.4, -0.2) is 16.9 Å². The molecule has 0 saturated carbocycles. The van der Waals surface area contributed by atoms with Crippen LogP contribution in [0.2, 0.25) is 0 Å². The molecule has 0 bridgehead atoms. The van der Waals surface area contributed by atoms with Gasteiger partial charge in [-0.25, -0.2) is 0 Å². The number of hydrogen-bond donors (Lipinski definition) is 1. The molecule has 0 aromatic carbocycles. The maximum Gasteiger partial charge on any atom is 0.129 e. The minimum Gasteiger partial charge on any atom is -0.349 e. The van der Waals surface area contributed by atoms with E-state index in [0.29, 0.717) is 0 Å². The SMILES string of the molecule is C=CCN1C=CSC1N. The Morgan fingerprint density at radius 2 is 2.67 bits per heavy atom. The Morgan fingerprint density at radius 3 is 3.11 bits per heavy atom. The molecule has 0 spiro atoms. The predicted octanol–water partition coefficient (Wildman–Crippen LogP) is 0.935. The largest absolute Gasteiger partial charge is 0.349 e. The minimum atomic E-state index is 0.1000. The van der Waals surface area contributed by atoms with Crippen LogP contribution in [-0.2, 0) is 0 Å². The molecule has 1 heterocycles. The molecule has 0 saturated heterocycles. The summed E-state index contributed by atoms with van der Waals surface area (Å²) in [5, 5.41) is 1.99. The van der Waals surface area contributed by atoms with Gasteiger partial charge in [0.2, 0.25) is 0 Å². The number of thioether (sulfide) groups is 1. The van der Waals surface area contributed by atoms with E-state index < -0.39 is 0 Å². The van der Waals surface area contributed by atoms with E-state index in [1.165, 1.54) is 0 Å². The Morgan fingerprint density at radius 1 is 1.89 bits per heavy atom. The lowest BCUT2D eigenvalue weighted by atomic mass is 10.5. The van der Waals surface area contributed by atoms with Crippen LogP contribution < -0.4 is 5.73 Å². The second kappa shape index (κ2) is 2.94.